The highest BCUT2D eigenvalue weighted by Gasteiger charge is 2.34. The van der Waals surface area contributed by atoms with Gasteiger partial charge in [-0.25, -0.2) is 0 Å². The summed E-state index contributed by atoms with van der Waals surface area (Å²) in [5.74, 6) is 0.579. The first kappa shape index (κ1) is 35.3. The molecule has 4 N–H and O–H groups in total. The molecule has 2 aliphatic carbocycles. The lowest BCUT2D eigenvalue weighted by Crippen LogP contribution is -2.13. The van der Waals surface area contributed by atoms with E-state index in [1.165, 1.54) is 73.0 Å². The van der Waals surface area contributed by atoms with Crippen LogP contribution in [0.3, 0.4) is 0 Å². The fourth-order valence-corrected chi connectivity index (χ4v) is 9.18. The Hall–Kier alpha value is -4.01. The quantitative estimate of drug-likeness (QED) is 0.170. The summed E-state index contributed by atoms with van der Waals surface area (Å²) in [4.78, 5) is 44.4. The fourth-order valence-electron chi connectivity index (χ4n) is 5.48. The smallest absolute Gasteiger partial charge is 0.223 e. The van der Waals surface area contributed by atoms with Crippen molar-refractivity contribution in [3.05, 3.63) is 26.5 Å². The molecule has 4 heterocycles. The van der Waals surface area contributed by atoms with Crippen LogP contribution in [-0.4, -0.2) is 64.4 Å². The van der Waals surface area contributed by atoms with Crippen LogP contribution in [0.4, 0.5) is 20.5 Å². The number of amides is 4. The monoisotopic (exact) mass is 731 g/mol. The summed E-state index contributed by atoms with van der Waals surface area (Å²) in [6.45, 7) is 5.82. The minimum atomic E-state index is -0.148. The lowest BCUT2D eigenvalue weighted by atomic mass is 9.82. The number of aromatic nitrogens is 8. The molecule has 0 radical (unpaired) electrons. The summed E-state index contributed by atoms with van der Waals surface area (Å²) >= 11 is 5.70. The average molecular weight is 732 g/mol. The maximum atomic E-state index is 11.1. The molecule has 2 fully saturated rings. The Kier molecular flexibility index (Phi) is 12.1. The first-order chi connectivity index (χ1) is 23.0. The third-order valence-corrected chi connectivity index (χ3v) is 11.4. The van der Waals surface area contributed by atoms with Crippen molar-refractivity contribution in [3.63, 3.8) is 0 Å². The molecule has 20 heteroatoms. The van der Waals surface area contributed by atoms with Gasteiger partial charge in [0.25, 0.3) is 0 Å². The molecule has 0 bridgehead atoms. The largest absolute Gasteiger partial charge is 0.301 e. The highest BCUT2D eigenvalue weighted by Crippen LogP contribution is 2.44. The van der Waals surface area contributed by atoms with Crippen molar-refractivity contribution in [1.82, 2.24) is 40.8 Å². The zero-order chi connectivity index (χ0) is 34.2. The van der Waals surface area contributed by atoms with Crippen molar-refractivity contribution in [2.45, 2.75) is 96.3 Å². The van der Waals surface area contributed by atoms with Crippen LogP contribution in [0.5, 0.6) is 0 Å². The standard InChI is InChI=1S/C14H18N6O2S2.C14H16N6O2S2/c2*1-7(21)15-13-19-17-11(23-13)9-4-3-5-10(6-9)12-18-20-14(24-12)16-8(2)22/h9-10H,3-6H2,1-2H3,(H,15,19,21)(H,16,20,22);3,9-10H,4-6H2,1-2H3,(H-,15,16,19,20,21,22)/p+1/t2*9-,10-/m10/s1. The Labute approximate surface area is 292 Å². The number of nitrogens with one attached hydrogen (secondary N) is 4. The molecule has 48 heavy (non-hydrogen) atoms. The molecule has 2 aliphatic rings. The van der Waals surface area contributed by atoms with Gasteiger partial charge in [0.2, 0.25) is 44.2 Å². The van der Waals surface area contributed by atoms with E-state index in [9.17, 15) is 19.2 Å². The van der Waals surface area contributed by atoms with Crippen LogP contribution in [0.1, 0.15) is 116 Å². The van der Waals surface area contributed by atoms with Gasteiger partial charge in [-0.05, 0) is 25.7 Å². The second-order valence-corrected chi connectivity index (χ2v) is 15.5. The van der Waals surface area contributed by atoms with Crippen molar-refractivity contribution in [2.75, 3.05) is 21.3 Å². The van der Waals surface area contributed by atoms with E-state index < -0.39 is 0 Å². The summed E-state index contributed by atoms with van der Waals surface area (Å²) in [6.07, 6.45) is 9.14. The van der Waals surface area contributed by atoms with E-state index in [0.29, 0.717) is 32.4 Å². The van der Waals surface area contributed by atoms with E-state index in [1.54, 1.807) is 0 Å². The van der Waals surface area contributed by atoms with Crippen LogP contribution in [0.2, 0.25) is 0 Å². The minimum Gasteiger partial charge on any atom is -0.301 e. The Morgan fingerprint density at radius 2 is 0.792 bits per heavy atom. The van der Waals surface area contributed by atoms with Crippen LogP contribution in [0.25, 0.3) is 0 Å². The Morgan fingerprint density at radius 3 is 1.10 bits per heavy atom. The van der Waals surface area contributed by atoms with Crippen LogP contribution < -0.4 is 21.3 Å². The first-order valence-electron chi connectivity index (χ1n) is 15.3. The van der Waals surface area contributed by atoms with E-state index in [0.717, 1.165) is 65.0 Å². The summed E-state index contributed by atoms with van der Waals surface area (Å²) in [5.41, 5.74) is 0. The molecular weight excluding hydrogens is 697 g/mol. The molecule has 4 aromatic heterocycles. The SMILES string of the molecule is CC(=O)Nc1nnc([C@@H]2CCC[C@@H](c3nnc(NC(C)=O)s3)C2)s1.CC(=O)Nc1nnc([C@H]2C[CH+]C[C@H](c3nnc(NC(C)=O)s3)C2)s1. The van der Waals surface area contributed by atoms with Crippen LogP contribution >= 0.6 is 45.3 Å². The van der Waals surface area contributed by atoms with Gasteiger partial charge in [-0.3, -0.25) is 19.2 Å². The molecule has 0 saturated heterocycles. The number of carbonyl (C=O) groups excluding carboxylic acids is 4. The van der Waals surface area contributed by atoms with Crippen molar-refractivity contribution in [1.29, 1.82) is 0 Å². The number of carbonyl (C=O) groups is 4. The molecule has 0 aromatic carbocycles. The van der Waals surface area contributed by atoms with Crippen molar-refractivity contribution in [2.24, 2.45) is 0 Å². The average Bonchev–Trinajstić information content (AvgIpc) is 3.85. The van der Waals surface area contributed by atoms with Crippen molar-refractivity contribution >= 4 is 89.5 Å². The van der Waals surface area contributed by atoms with E-state index >= 15 is 0 Å². The number of hydrogen-bond donors (Lipinski definition) is 4. The number of nitrogens with zero attached hydrogens (tertiary/aromatic N) is 8. The summed E-state index contributed by atoms with van der Waals surface area (Å²) in [6, 6.07) is 0. The third kappa shape index (κ3) is 10.0. The van der Waals surface area contributed by atoms with Crippen LogP contribution in [-0.2, 0) is 19.2 Å². The molecule has 2 saturated carbocycles. The molecule has 4 amide bonds. The summed E-state index contributed by atoms with van der Waals surface area (Å²) < 4.78 is 0. The minimum absolute atomic E-state index is 0.140. The maximum absolute atomic E-state index is 11.1. The fraction of sp³-hybridized carbons (Fsp3) is 0.536. The van der Waals surface area contributed by atoms with Gasteiger partial charge in [-0.1, -0.05) is 51.8 Å². The van der Waals surface area contributed by atoms with Gasteiger partial charge in [0.15, 0.2) is 0 Å². The maximum Gasteiger partial charge on any atom is 0.223 e. The highest BCUT2D eigenvalue weighted by molar-refractivity contribution is 7.16. The zero-order valence-corrected chi connectivity index (χ0v) is 29.9. The predicted octanol–water partition coefficient (Wildman–Crippen LogP) is 5.31. The lowest BCUT2D eigenvalue weighted by molar-refractivity contribution is -0.115. The molecule has 4 atom stereocenters. The van der Waals surface area contributed by atoms with Gasteiger partial charge in [0.1, 0.15) is 20.0 Å². The molecule has 16 nitrogen and oxygen atoms in total. The third-order valence-electron chi connectivity index (χ3n) is 7.44. The normalized spacial score (nSPS) is 20.4. The second-order valence-electron chi connectivity index (χ2n) is 11.5. The molecule has 254 valence electrons. The zero-order valence-electron chi connectivity index (χ0n) is 26.7. The Bertz CT molecular complexity index is 1490. The Balaban J connectivity index is 0.000000188. The molecule has 6 rings (SSSR count). The van der Waals surface area contributed by atoms with E-state index in [1.807, 2.05) is 0 Å². The van der Waals surface area contributed by atoms with E-state index in [-0.39, 0.29) is 35.5 Å². The Morgan fingerprint density at radius 1 is 0.500 bits per heavy atom. The van der Waals surface area contributed by atoms with Gasteiger partial charge in [0, 0.05) is 39.5 Å². The van der Waals surface area contributed by atoms with Gasteiger partial charge >= 0.3 is 0 Å². The number of hydrogen-bond acceptors (Lipinski definition) is 16. The van der Waals surface area contributed by atoms with Crippen LogP contribution in [0.15, 0.2) is 0 Å². The summed E-state index contributed by atoms with van der Waals surface area (Å²) in [7, 11) is 0. The lowest BCUT2D eigenvalue weighted by Gasteiger charge is -2.25. The molecular formula is C28H35N12O4S4+. The van der Waals surface area contributed by atoms with E-state index in [4.69, 9.17) is 0 Å². The predicted molar refractivity (Wildman–Crippen MR) is 184 cm³/mol. The molecule has 4 aromatic rings. The molecule has 0 unspecified atom stereocenters. The van der Waals surface area contributed by atoms with Gasteiger partial charge in [-0.15, -0.1) is 40.8 Å². The van der Waals surface area contributed by atoms with E-state index in [2.05, 4.69) is 68.5 Å². The van der Waals surface area contributed by atoms with Gasteiger partial charge in [-0.2, -0.15) is 0 Å². The van der Waals surface area contributed by atoms with Gasteiger partial charge < -0.3 is 21.3 Å². The first-order valence-corrected chi connectivity index (χ1v) is 18.5. The highest BCUT2D eigenvalue weighted by atomic mass is 32.1. The molecule has 0 aliphatic heterocycles. The van der Waals surface area contributed by atoms with Gasteiger partial charge in [0.05, 0.1) is 31.1 Å². The number of rotatable bonds is 8. The van der Waals surface area contributed by atoms with Crippen molar-refractivity contribution < 1.29 is 19.2 Å². The van der Waals surface area contributed by atoms with Crippen LogP contribution in [0, 0.1) is 6.42 Å². The second kappa shape index (κ2) is 16.4. The molecule has 0 spiro atoms. The van der Waals surface area contributed by atoms with Crippen molar-refractivity contribution in [3.8, 4) is 0 Å². The topological polar surface area (TPSA) is 220 Å². The number of anilines is 4. The summed E-state index contributed by atoms with van der Waals surface area (Å²) in [5, 5.41) is 49.6.